The Hall–Kier alpha value is -3.61. The zero-order valence-corrected chi connectivity index (χ0v) is 17.0. The summed E-state index contributed by atoms with van der Waals surface area (Å²) in [6, 6.07) is 18.1. The average Bonchev–Trinajstić information content (AvgIpc) is 3.35. The number of hydrogen-bond donors (Lipinski definition) is 0. The van der Waals surface area contributed by atoms with Gasteiger partial charge in [-0.25, -0.2) is 4.68 Å². The van der Waals surface area contributed by atoms with Crippen molar-refractivity contribution in [3.05, 3.63) is 78.0 Å². The molecule has 2 aromatic heterocycles. The van der Waals surface area contributed by atoms with Gasteiger partial charge in [-0.05, 0) is 61.9 Å². The van der Waals surface area contributed by atoms with E-state index in [0.29, 0.717) is 16.8 Å². The number of hydrogen-bond acceptors (Lipinski definition) is 2. The summed E-state index contributed by atoms with van der Waals surface area (Å²) in [6.07, 6.45) is -2.92. The Labute approximate surface area is 176 Å². The zero-order valence-electron chi connectivity index (χ0n) is 17.0. The van der Waals surface area contributed by atoms with E-state index in [1.807, 2.05) is 30.3 Å². The van der Waals surface area contributed by atoms with E-state index < -0.39 is 11.7 Å². The van der Waals surface area contributed by atoms with Crippen LogP contribution in [0.4, 0.5) is 13.2 Å². The van der Waals surface area contributed by atoms with Crippen molar-refractivity contribution in [2.75, 3.05) is 0 Å². The molecule has 0 spiro atoms. The minimum Gasteiger partial charge on any atom is -0.341 e. The van der Waals surface area contributed by atoms with Crippen LogP contribution in [0.25, 0.3) is 38.8 Å². The van der Waals surface area contributed by atoms with Crippen molar-refractivity contribution in [3.8, 4) is 16.9 Å². The molecule has 0 radical (unpaired) electrons. The van der Waals surface area contributed by atoms with Crippen LogP contribution in [-0.4, -0.2) is 19.6 Å². The van der Waals surface area contributed by atoms with Crippen LogP contribution in [0.5, 0.6) is 0 Å². The molecular weight excluding hydrogens is 401 g/mol. The molecule has 0 aliphatic rings. The molecule has 7 heteroatoms. The Morgan fingerprint density at radius 2 is 1.68 bits per heavy atom. The number of nitrogens with zero attached hydrogens (tertiary/aromatic N) is 4. The van der Waals surface area contributed by atoms with Gasteiger partial charge in [0.2, 0.25) is 0 Å². The quantitative estimate of drug-likeness (QED) is 0.339. The summed E-state index contributed by atoms with van der Waals surface area (Å²) in [5, 5.41) is 10.4. The molecule has 0 aliphatic heterocycles. The summed E-state index contributed by atoms with van der Waals surface area (Å²) in [5.41, 5.74) is 3.76. The number of fused-ring (bicyclic) bond motifs is 3. The molecule has 0 fully saturated rings. The summed E-state index contributed by atoms with van der Waals surface area (Å²) in [6.45, 7) is 4.59. The van der Waals surface area contributed by atoms with Gasteiger partial charge in [-0.15, -0.1) is 5.10 Å². The highest BCUT2D eigenvalue weighted by atomic mass is 19.4. The van der Waals surface area contributed by atoms with Crippen LogP contribution in [0.15, 0.2) is 66.9 Å². The first kappa shape index (κ1) is 19.4. The van der Waals surface area contributed by atoms with Gasteiger partial charge in [-0.3, -0.25) is 0 Å². The molecule has 3 aromatic carbocycles. The molecule has 4 nitrogen and oxygen atoms in total. The first-order valence-electron chi connectivity index (χ1n) is 9.98. The first-order valence-corrected chi connectivity index (χ1v) is 9.98. The highest BCUT2D eigenvalue weighted by molar-refractivity contribution is 6.08. The molecule has 0 N–H and O–H groups in total. The van der Waals surface area contributed by atoms with E-state index in [1.165, 1.54) is 6.20 Å². The van der Waals surface area contributed by atoms with Crippen LogP contribution in [0.2, 0.25) is 0 Å². The summed E-state index contributed by atoms with van der Waals surface area (Å²) >= 11 is 0. The third-order valence-corrected chi connectivity index (χ3v) is 5.57. The second-order valence-corrected chi connectivity index (χ2v) is 7.58. The van der Waals surface area contributed by atoms with Crippen molar-refractivity contribution in [2.24, 2.45) is 0 Å². The third kappa shape index (κ3) is 3.17. The van der Waals surface area contributed by atoms with Crippen LogP contribution in [-0.2, 0) is 12.7 Å². The van der Waals surface area contributed by atoms with E-state index >= 15 is 0 Å². The van der Waals surface area contributed by atoms with Crippen molar-refractivity contribution >= 4 is 21.8 Å². The van der Waals surface area contributed by atoms with Crippen molar-refractivity contribution in [3.63, 3.8) is 0 Å². The van der Waals surface area contributed by atoms with Crippen LogP contribution >= 0.6 is 0 Å². The lowest BCUT2D eigenvalue weighted by Gasteiger charge is -2.12. The number of halogens is 3. The van der Waals surface area contributed by atoms with Gasteiger partial charge < -0.3 is 4.57 Å². The van der Waals surface area contributed by atoms with E-state index in [1.54, 1.807) is 17.7 Å². The number of para-hydroxylation sites is 1. The molecule has 0 bridgehead atoms. The van der Waals surface area contributed by atoms with Crippen molar-refractivity contribution < 1.29 is 13.2 Å². The van der Waals surface area contributed by atoms with Crippen LogP contribution in [0, 0.1) is 6.92 Å². The molecule has 0 amide bonds. The first-order chi connectivity index (χ1) is 14.9. The van der Waals surface area contributed by atoms with E-state index in [-0.39, 0.29) is 0 Å². The van der Waals surface area contributed by atoms with Crippen LogP contribution < -0.4 is 0 Å². The third-order valence-electron chi connectivity index (χ3n) is 5.57. The van der Waals surface area contributed by atoms with Crippen molar-refractivity contribution in [2.45, 2.75) is 26.6 Å². The Bertz CT molecular complexity index is 1430. The maximum absolute atomic E-state index is 13.3. The molecule has 2 heterocycles. The number of rotatable bonds is 3. The summed E-state index contributed by atoms with van der Waals surface area (Å²) in [4.78, 5) is 0. The monoisotopic (exact) mass is 420 g/mol. The van der Waals surface area contributed by atoms with Crippen molar-refractivity contribution in [1.29, 1.82) is 0 Å². The predicted molar refractivity (Wildman–Crippen MR) is 115 cm³/mol. The topological polar surface area (TPSA) is 35.6 Å². The molecule has 31 heavy (non-hydrogen) atoms. The molecule has 0 aliphatic carbocycles. The Morgan fingerprint density at radius 1 is 0.903 bits per heavy atom. The summed E-state index contributed by atoms with van der Waals surface area (Å²) < 4.78 is 43.8. The second-order valence-electron chi connectivity index (χ2n) is 7.58. The maximum Gasteiger partial charge on any atom is 0.416 e. The lowest BCUT2D eigenvalue weighted by molar-refractivity contribution is -0.137. The molecule has 0 saturated carbocycles. The predicted octanol–water partition coefficient (Wildman–Crippen LogP) is 6.39. The second kappa shape index (κ2) is 6.97. The Morgan fingerprint density at radius 3 is 2.45 bits per heavy atom. The highest BCUT2D eigenvalue weighted by Gasteiger charge is 2.31. The average molecular weight is 420 g/mol. The van der Waals surface area contributed by atoms with E-state index in [9.17, 15) is 13.2 Å². The number of aryl methyl sites for hydroxylation is 2. The largest absolute Gasteiger partial charge is 0.416 e. The minimum atomic E-state index is -4.42. The fourth-order valence-electron chi connectivity index (χ4n) is 4.23. The van der Waals surface area contributed by atoms with Crippen molar-refractivity contribution in [1.82, 2.24) is 19.6 Å². The standard InChI is InChI=1S/C24H19F3N4/c1-3-30-21-7-5-4-6-19(21)20-13-18(8-9-22(20)30)31-23(14-28-29-31)16-10-15(2)11-17(12-16)24(25,26)27/h4-14H,3H2,1-2H3. The van der Waals surface area contributed by atoms with Crippen LogP contribution in [0.1, 0.15) is 18.1 Å². The Kier molecular flexibility index (Phi) is 4.36. The fourth-order valence-corrected chi connectivity index (χ4v) is 4.23. The molecule has 0 saturated heterocycles. The Balaban J connectivity index is 1.70. The number of aromatic nitrogens is 4. The highest BCUT2D eigenvalue weighted by Crippen LogP contribution is 2.35. The van der Waals surface area contributed by atoms with Gasteiger partial charge >= 0.3 is 6.18 Å². The molecule has 156 valence electrons. The lowest BCUT2D eigenvalue weighted by atomic mass is 10.0. The van der Waals surface area contributed by atoms with Gasteiger partial charge in [0, 0.05) is 33.9 Å². The van der Waals surface area contributed by atoms with E-state index in [4.69, 9.17) is 0 Å². The van der Waals surface area contributed by atoms with Crippen LogP contribution in [0.3, 0.4) is 0 Å². The SMILES string of the molecule is CCn1c2ccccc2c2cc(-n3nncc3-c3cc(C)cc(C(F)(F)F)c3)ccc21. The van der Waals surface area contributed by atoms with E-state index in [2.05, 4.69) is 33.9 Å². The van der Waals surface area contributed by atoms with Gasteiger partial charge in [0.05, 0.1) is 23.1 Å². The smallest absolute Gasteiger partial charge is 0.341 e. The molecule has 5 aromatic rings. The molecule has 0 unspecified atom stereocenters. The lowest BCUT2D eigenvalue weighted by Crippen LogP contribution is -2.06. The number of benzene rings is 3. The molecule has 0 atom stereocenters. The summed E-state index contributed by atoms with van der Waals surface area (Å²) in [5.74, 6) is 0. The molecular formula is C24H19F3N4. The maximum atomic E-state index is 13.3. The van der Waals surface area contributed by atoms with Gasteiger partial charge in [-0.1, -0.05) is 23.4 Å². The van der Waals surface area contributed by atoms with Gasteiger partial charge in [0.1, 0.15) is 0 Å². The fraction of sp³-hybridized carbons (Fsp3) is 0.167. The number of alkyl halides is 3. The minimum absolute atomic E-state index is 0.424. The van der Waals surface area contributed by atoms with Gasteiger partial charge in [0.25, 0.3) is 0 Å². The summed E-state index contributed by atoms with van der Waals surface area (Å²) in [7, 11) is 0. The normalized spacial score (nSPS) is 12.2. The zero-order chi connectivity index (χ0) is 21.8. The molecule has 5 rings (SSSR count). The van der Waals surface area contributed by atoms with Gasteiger partial charge in [-0.2, -0.15) is 13.2 Å². The van der Waals surface area contributed by atoms with E-state index in [0.717, 1.165) is 46.2 Å². The van der Waals surface area contributed by atoms with Gasteiger partial charge in [0.15, 0.2) is 0 Å².